The summed E-state index contributed by atoms with van der Waals surface area (Å²) in [5.74, 6) is 2.63. The maximum absolute atomic E-state index is 5.57. The second-order valence-corrected chi connectivity index (χ2v) is 8.29. The first kappa shape index (κ1) is 21.2. The predicted molar refractivity (Wildman–Crippen MR) is 122 cm³/mol. The monoisotopic (exact) mass is 418 g/mol. The minimum absolute atomic E-state index is 0.408. The van der Waals surface area contributed by atoms with Gasteiger partial charge in [0.2, 0.25) is 5.95 Å². The van der Waals surface area contributed by atoms with E-state index in [9.17, 15) is 0 Å². The third-order valence-electron chi connectivity index (χ3n) is 5.72. The molecule has 0 atom stereocenters. The maximum Gasteiger partial charge on any atom is 0.228 e. The van der Waals surface area contributed by atoms with Crippen LogP contribution in [0.2, 0.25) is 0 Å². The largest absolute Gasteiger partial charge is 0.496 e. The number of anilines is 2. The van der Waals surface area contributed by atoms with E-state index in [-0.39, 0.29) is 0 Å². The van der Waals surface area contributed by atoms with Crippen LogP contribution in [0.25, 0.3) is 0 Å². The van der Waals surface area contributed by atoms with Crippen LogP contribution < -0.4 is 10.1 Å². The van der Waals surface area contributed by atoms with E-state index in [2.05, 4.69) is 50.3 Å². The van der Waals surface area contributed by atoms with Crippen molar-refractivity contribution in [1.29, 1.82) is 0 Å². The Kier molecular flexibility index (Phi) is 6.42. The molecule has 0 unspecified atom stereocenters. The highest BCUT2D eigenvalue weighted by atomic mass is 16.5. The van der Waals surface area contributed by atoms with Crippen LogP contribution in [0.4, 0.5) is 11.8 Å². The van der Waals surface area contributed by atoms with Gasteiger partial charge in [-0.2, -0.15) is 0 Å². The van der Waals surface area contributed by atoms with Crippen molar-refractivity contribution in [2.24, 2.45) is 0 Å². The fourth-order valence-corrected chi connectivity index (χ4v) is 4.14. The fraction of sp³-hybridized carbons (Fsp3) is 0.417. The molecule has 1 aliphatic rings. The van der Waals surface area contributed by atoms with Crippen molar-refractivity contribution < 1.29 is 4.74 Å². The Bertz CT molecular complexity index is 1030. The summed E-state index contributed by atoms with van der Waals surface area (Å²) in [5.41, 5.74) is 5.35. The molecule has 1 saturated heterocycles. The number of rotatable bonds is 6. The van der Waals surface area contributed by atoms with Crippen molar-refractivity contribution in [2.75, 3.05) is 25.5 Å². The normalized spacial score (nSPS) is 15.1. The fourth-order valence-electron chi connectivity index (χ4n) is 4.14. The molecule has 0 bridgehead atoms. The molecule has 3 aromatic rings. The third kappa shape index (κ3) is 5.35. The van der Waals surface area contributed by atoms with E-state index >= 15 is 0 Å². The lowest BCUT2D eigenvalue weighted by Gasteiger charge is -2.32. The van der Waals surface area contributed by atoms with Gasteiger partial charge in [-0.1, -0.05) is 12.1 Å². The summed E-state index contributed by atoms with van der Waals surface area (Å²) in [7, 11) is 1.74. The molecular formula is C24H30N6O. The molecule has 7 nitrogen and oxygen atoms in total. The Labute approximate surface area is 183 Å². The number of methoxy groups -OCH3 is 1. The molecule has 2 aromatic heterocycles. The molecule has 1 aromatic carbocycles. The van der Waals surface area contributed by atoms with Gasteiger partial charge in [-0.3, -0.25) is 9.88 Å². The number of benzene rings is 1. The van der Waals surface area contributed by atoms with Crippen LogP contribution in [0.3, 0.4) is 0 Å². The molecule has 0 amide bonds. The Hall–Kier alpha value is -3.06. The number of aromatic nitrogens is 4. The lowest BCUT2D eigenvalue weighted by Crippen LogP contribution is -2.32. The van der Waals surface area contributed by atoms with Crippen molar-refractivity contribution >= 4 is 11.8 Å². The average Bonchev–Trinajstić information content (AvgIpc) is 2.75. The molecule has 0 spiro atoms. The smallest absolute Gasteiger partial charge is 0.228 e. The number of ether oxygens (including phenoxy) is 1. The van der Waals surface area contributed by atoms with Gasteiger partial charge in [-0.15, -0.1) is 0 Å². The molecule has 0 aliphatic carbocycles. The first-order valence-electron chi connectivity index (χ1n) is 10.8. The van der Waals surface area contributed by atoms with Crippen LogP contribution in [0.15, 0.2) is 36.7 Å². The molecule has 31 heavy (non-hydrogen) atoms. The Morgan fingerprint density at radius 3 is 2.45 bits per heavy atom. The number of aryl methyl sites for hydroxylation is 3. The number of hydrogen-bond donors (Lipinski definition) is 1. The highest BCUT2D eigenvalue weighted by molar-refractivity contribution is 5.46. The molecule has 1 fully saturated rings. The van der Waals surface area contributed by atoms with E-state index in [1.165, 1.54) is 11.1 Å². The SMILES string of the molecule is COc1cc(C)ccc1CN1CCC(c2cncc(Nc3nc(C)cc(C)n3)n2)CC1. The summed E-state index contributed by atoms with van der Waals surface area (Å²) in [6.45, 7) is 8.98. The minimum Gasteiger partial charge on any atom is -0.496 e. The lowest BCUT2D eigenvalue weighted by atomic mass is 9.93. The summed E-state index contributed by atoms with van der Waals surface area (Å²) in [6.07, 6.45) is 5.74. The molecule has 1 N–H and O–H groups in total. The van der Waals surface area contributed by atoms with Gasteiger partial charge in [-0.25, -0.2) is 15.0 Å². The molecule has 1 aliphatic heterocycles. The highest BCUT2D eigenvalue weighted by Gasteiger charge is 2.23. The molecule has 0 radical (unpaired) electrons. The van der Waals surface area contributed by atoms with E-state index in [1.807, 2.05) is 26.1 Å². The van der Waals surface area contributed by atoms with Crippen LogP contribution in [-0.2, 0) is 6.54 Å². The van der Waals surface area contributed by atoms with Crippen LogP contribution in [-0.4, -0.2) is 45.0 Å². The molecule has 7 heteroatoms. The van der Waals surface area contributed by atoms with Crippen molar-refractivity contribution in [3.63, 3.8) is 0 Å². The average molecular weight is 419 g/mol. The quantitative estimate of drug-likeness (QED) is 0.639. The number of piperidine rings is 1. The number of likely N-dealkylation sites (tertiary alicyclic amines) is 1. The Morgan fingerprint density at radius 1 is 1.00 bits per heavy atom. The topological polar surface area (TPSA) is 76.1 Å². The van der Waals surface area contributed by atoms with Gasteiger partial charge >= 0.3 is 0 Å². The van der Waals surface area contributed by atoms with E-state index in [0.29, 0.717) is 17.7 Å². The molecular weight excluding hydrogens is 388 g/mol. The van der Waals surface area contributed by atoms with Crippen molar-refractivity contribution in [1.82, 2.24) is 24.8 Å². The third-order valence-corrected chi connectivity index (χ3v) is 5.72. The van der Waals surface area contributed by atoms with Crippen LogP contribution in [0.5, 0.6) is 5.75 Å². The summed E-state index contributed by atoms with van der Waals surface area (Å²) >= 11 is 0. The first-order valence-corrected chi connectivity index (χ1v) is 10.8. The second kappa shape index (κ2) is 9.39. The number of nitrogens with one attached hydrogen (secondary N) is 1. The summed E-state index contributed by atoms with van der Waals surface area (Å²) in [4.78, 5) is 20.6. The Morgan fingerprint density at radius 2 is 1.74 bits per heavy atom. The zero-order valence-corrected chi connectivity index (χ0v) is 18.7. The summed E-state index contributed by atoms with van der Waals surface area (Å²) in [6, 6.07) is 8.39. The molecule has 162 valence electrons. The van der Waals surface area contributed by atoms with Gasteiger partial charge < -0.3 is 10.1 Å². The van der Waals surface area contributed by atoms with Crippen LogP contribution in [0, 0.1) is 20.8 Å². The number of hydrogen-bond acceptors (Lipinski definition) is 7. The standard InChI is InChI=1S/C24H30N6O/c1-16-5-6-20(22(11-16)31-4)15-30-9-7-19(8-10-30)21-13-25-14-23(28-21)29-24-26-17(2)12-18(3)27-24/h5-6,11-14,19H,7-10,15H2,1-4H3,(H,26,27,28,29). The van der Waals surface area contributed by atoms with Gasteiger partial charge in [0.25, 0.3) is 0 Å². The molecule has 4 rings (SSSR count). The minimum atomic E-state index is 0.408. The zero-order chi connectivity index (χ0) is 21.8. The van der Waals surface area contributed by atoms with Gasteiger partial charge in [0.05, 0.1) is 19.0 Å². The van der Waals surface area contributed by atoms with Gasteiger partial charge in [0.15, 0.2) is 5.82 Å². The van der Waals surface area contributed by atoms with E-state index < -0.39 is 0 Å². The molecule has 3 heterocycles. The second-order valence-electron chi connectivity index (χ2n) is 8.29. The van der Waals surface area contributed by atoms with Crippen LogP contribution >= 0.6 is 0 Å². The Balaban J connectivity index is 1.38. The van der Waals surface area contributed by atoms with E-state index in [1.54, 1.807) is 13.3 Å². The van der Waals surface area contributed by atoms with Gasteiger partial charge in [0, 0.05) is 35.6 Å². The van der Waals surface area contributed by atoms with Crippen molar-refractivity contribution in [2.45, 2.75) is 46.1 Å². The highest BCUT2D eigenvalue weighted by Crippen LogP contribution is 2.29. The van der Waals surface area contributed by atoms with Gasteiger partial charge in [0.1, 0.15) is 5.75 Å². The summed E-state index contributed by atoms with van der Waals surface area (Å²) < 4.78 is 5.57. The van der Waals surface area contributed by atoms with Gasteiger partial charge in [-0.05, 0) is 64.4 Å². The van der Waals surface area contributed by atoms with Crippen molar-refractivity contribution in [3.05, 3.63) is 64.9 Å². The maximum atomic E-state index is 5.57. The first-order chi connectivity index (χ1) is 15.0. The zero-order valence-electron chi connectivity index (χ0n) is 18.7. The van der Waals surface area contributed by atoms with Crippen molar-refractivity contribution in [3.8, 4) is 5.75 Å². The van der Waals surface area contributed by atoms with E-state index in [0.717, 1.165) is 55.3 Å². The van der Waals surface area contributed by atoms with E-state index in [4.69, 9.17) is 9.72 Å². The summed E-state index contributed by atoms with van der Waals surface area (Å²) in [5, 5.41) is 3.20. The number of nitrogens with zero attached hydrogens (tertiary/aromatic N) is 5. The predicted octanol–water partition coefficient (Wildman–Crippen LogP) is 4.32. The van der Waals surface area contributed by atoms with Crippen LogP contribution in [0.1, 0.15) is 47.0 Å². The molecule has 0 saturated carbocycles. The lowest BCUT2D eigenvalue weighted by molar-refractivity contribution is 0.201.